The van der Waals surface area contributed by atoms with Crippen molar-refractivity contribution in [3.63, 3.8) is 0 Å². The summed E-state index contributed by atoms with van der Waals surface area (Å²) in [5, 5.41) is 8.84. The molecule has 0 bridgehead atoms. The summed E-state index contributed by atoms with van der Waals surface area (Å²) in [6.45, 7) is 3.26. The van der Waals surface area contributed by atoms with Crippen LogP contribution in [0.15, 0.2) is 0 Å². The van der Waals surface area contributed by atoms with Crippen LogP contribution in [0.2, 0.25) is 0 Å². The summed E-state index contributed by atoms with van der Waals surface area (Å²) in [6.07, 6.45) is 2.54. The lowest BCUT2D eigenvalue weighted by molar-refractivity contribution is -0.158. The zero-order valence-corrected chi connectivity index (χ0v) is 10.1. The third-order valence-electron chi connectivity index (χ3n) is 3.78. The highest BCUT2D eigenvalue weighted by Gasteiger charge is 2.40. The van der Waals surface area contributed by atoms with Crippen LogP contribution >= 0.6 is 0 Å². The Hall–Kier alpha value is -1.26. The van der Waals surface area contributed by atoms with Crippen molar-refractivity contribution >= 4 is 12.1 Å². The molecule has 1 heterocycles. The van der Waals surface area contributed by atoms with Crippen molar-refractivity contribution in [1.82, 2.24) is 4.90 Å². The summed E-state index contributed by atoms with van der Waals surface area (Å²) in [7, 11) is 0. The van der Waals surface area contributed by atoms with Gasteiger partial charge in [-0.05, 0) is 38.5 Å². The third kappa shape index (κ3) is 2.90. The Balaban J connectivity index is 1.82. The number of esters is 1. The molecule has 0 aromatic rings. The minimum Gasteiger partial charge on any atom is -0.465 e. The third-order valence-corrected chi connectivity index (χ3v) is 3.78. The van der Waals surface area contributed by atoms with Crippen LogP contribution < -0.4 is 0 Å². The molecule has 2 fully saturated rings. The molecule has 0 aromatic carbocycles. The van der Waals surface area contributed by atoms with Crippen molar-refractivity contribution in [3.05, 3.63) is 0 Å². The largest absolute Gasteiger partial charge is 0.465 e. The first kappa shape index (κ1) is 12.2. The van der Waals surface area contributed by atoms with E-state index in [4.69, 9.17) is 9.84 Å². The predicted octanol–water partition coefficient (Wildman–Crippen LogP) is 1.72. The molecule has 5 nitrogen and oxygen atoms in total. The van der Waals surface area contributed by atoms with Gasteiger partial charge < -0.3 is 14.7 Å². The van der Waals surface area contributed by atoms with Crippen LogP contribution in [-0.2, 0) is 9.53 Å². The second-order valence-corrected chi connectivity index (χ2v) is 5.37. The van der Waals surface area contributed by atoms with Gasteiger partial charge in [-0.3, -0.25) is 4.79 Å². The number of likely N-dealkylation sites (tertiary alicyclic amines) is 1. The molecule has 96 valence electrons. The lowest BCUT2D eigenvalue weighted by atomic mass is 9.80. The van der Waals surface area contributed by atoms with Crippen molar-refractivity contribution < 1.29 is 19.4 Å². The molecular formula is C12H19NO4. The average Bonchev–Trinajstić information content (AvgIpc) is 3.10. The molecule has 1 N–H and O–H groups in total. The molecule has 2 rings (SSSR count). The van der Waals surface area contributed by atoms with Crippen LogP contribution in [0.25, 0.3) is 0 Å². The molecule has 1 saturated carbocycles. The lowest BCUT2D eigenvalue weighted by Crippen LogP contribution is -2.45. The highest BCUT2D eigenvalue weighted by Crippen LogP contribution is 2.34. The molecule has 0 spiro atoms. The van der Waals surface area contributed by atoms with Crippen molar-refractivity contribution in [2.45, 2.75) is 32.6 Å². The molecule has 0 atom stereocenters. The Morgan fingerprint density at radius 2 is 1.94 bits per heavy atom. The first-order valence-corrected chi connectivity index (χ1v) is 6.16. The number of carbonyl (C=O) groups excluding carboxylic acids is 1. The summed E-state index contributed by atoms with van der Waals surface area (Å²) in [4.78, 5) is 24.1. The van der Waals surface area contributed by atoms with Gasteiger partial charge in [0.2, 0.25) is 0 Å². The normalized spacial score (nSPS) is 23.2. The summed E-state index contributed by atoms with van der Waals surface area (Å²) in [5.74, 6) is 0.413. The number of hydrogen-bond donors (Lipinski definition) is 1. The van der Waals surface area contributed by atoms with Gasteiger partial charge in [0.05, 0.1) is 12.0 Å². The van der Waals surface area contributed by atoms with Crippen LogP contribution in [0.4, 0.5) is 4.79 Å². The first-order chi connectivity index (χ1) is 8.01. The van der Waals surface area contributed by atoms with Gasteiger partial charge in [0.15, 0.2) is 0 Å². The van der Waals surface area contributed by atoms with Crippen LogP contribution in [0, 0.1) is 11.3 Å². The van der Waals surface area contributed by atoms with E-state index in [9.17, 15) is 9.59 Å². The monoisotopic (exact) mass is 241 g/mol. The van der Waals surface area contributed by atoms with Gasteiger partial charge in [0.25, 0.3) is 0 Å². The maximum Gasteiger partial charge on any atom is 0.407 e. The lowest BCUT2D eigenvalue weighted by Gasteiger charge is -2.36. The van der Waals surface area contributed by atoms with Gasteiger partial charge in [-0.15, -0.1) is 0 Å². The number of hydrogen-bond acceptors (Lipinski definition) is 3. The van der Waals surface area contributed by atoms with Crippen molar-refractivity contribution in [2.24, 2.45) is 11.3 Å². The van der Waals surface area contributed by atoms with Crippen molar-refractivity contribution in [1.29, 1.82) is 0 Å². The van der Waals surface area contributed by atoms with E-state index in [2.05, 4.69) is 0 Å². The molecule has 17 heavy (non-hydrogen) atoms. The zero-order chi connectivity index (χ0) is 12.5. The summed E-state index contributed by atoms with van der Waals surface area (Å²) in [5.41, 5.74) is -0.499. The highest BCUT2D eigenvalue weighted by molar-refractivity contribution is 5.77. The van der Waals surface area contributed by atoms with Crippen LogP contribution in [0.5, 0.6) is 0 Å². The zero-order valence-electron chi connectivity index (χ0n) is 10.1. The minimum atomic E-state index is -0.904. The quantitative estimate of drug-likeness (QED) is 0.764. The standard InChI is InChI=1S/C12H19NO4/c1-12(10(14)17-8-9-2-3-9)4-6-13(7-5-12)11(15)16/h9H,2-8H2,1H3,(H,15,16). The number of carboxylic acid groups (broad SMARTS) is 1. The number of ether oxygens (including phenoxy) is 1. The van der Waals surface area contributed by atoms with Crippen LogP contribution in [0.1, 0.15) is 32.6 Å². The molecule has 1 aliphatic carbocycles. The number of carbonyl (C=O) groups is 2. The Bertz CT molecular complexity index is 316. The van der Waals surface area contributed by atoms with Crippen LogP contribution in [0.3, 0.4) is 0 Å². The van der Waals surface area contributed by atoms with Gasteiger partial charge in [-0.1, -0.05) is 0 Å². The number of rotatable bonds is 3. The van der Waals surface area contributed by atoms with E-state index in [0.717, 1.165) is 12.8 Å². The fraction of sp³-hybridized carbons (Fsp3) is 0.833. The molecule has 0 unspecified atom stereocenters. The van der Waals surface area contributed by atoms with Crippen molar-refractivity contribution in [3.8, 4) is 0 Å². The SMILES string of the molecule is CC1(C(=O)OCC2CC2)CCN(C(=O)O)CC1. The second kappa shape index (κ2) is 4.55. The van der Waals surface area contributed by atoms with E-state index in [1.165, 1.54) is 4.90 Å². The fourth-order valence-corrected chi connectivity index (χ4v) is 2.05. The number of piperidine rings is 1. The Kier molecular flexibility index (Phi) is 3.26. The van der Waals surface area contributed by atoms with Gasteiger partial charge in [-0.2, -0.15) is 0 Å². The topological polar surface area (TPSA) is 66.8 Å². The maximum atomic E-state index is 11.9. The summed E-state index contributed by atoms with van der Waals surface area (Å²) >= 11 is 0. The Labute approximate surface area is 101 Å². The van der Waals surface area contributed by atoms with Crippen molar-refractivity contribution in [2.75, 3.05) is 19.7 Å². The molecule has 5 heteroatoms. The molecule has 1 saturated heterocycles. The van der Waals surface area contributed by atoms with E-state index < -0.39 is 11.5 Å². The predicted molar refractivity (Wildman–Crippen MR) is 60.6 cm³/mol. The van der Waals surface area contributed by atoms with Gasteiger partial charge >= 0.3 is 12.1 Å². The van der Waals surface area contributed by atoms with Gasteiger partial charge in [-0.25, -0.2) is 4.79 Å². The minimum absolute atomic E-state index is 0.158. The molecule has 0 radical (unpaired) electrons. The maximum absolute atomic E-state index is 11.9. The number of nitrogens with zero attached hydrogens (tertiary/aromatic N) is 1. The first-order valence-electron chi connectivity index (χ1n) is 6.16. The second-order valence-electron chi connectivity index (χ2n) is 5.37. The molecule has 1 aliphatic heterocycles. The van der Waals surface area contributed by atoms with E-state index in [0.29, 0.717) is 38.5 Å². The molecule has 0 aromatic heterocycles. The van der Waals surface area contributed by atoms with Crippen LogP contribution in [-0.4, -0.2) is 41.8 Å². The average molecular weight is 241 g/mol. The van der Waals surface area contributed by atoms with E-state index >= 15 is 0 Å². The fourth-order valence-electron chi connectivity index (χ4n) is 2.05. The Morgan fingerprint density at radius 3 is 2.41 bits per heavy atom. The van der Waals surface area contributed by atoms with Gasteiger partial charge in [0, 0.05) is 13.1 Å². The molecular weight excluding hydrogens is 222 g/mol. The smallest absolute Gasteiger partial charge is 0.407 e. The highest BCUT2D eigenvalue weighted by atomic mass is 16.5. The van der Waals surface area contributed by atoms with E-state index in [1.54, 1.807) is 0 Å². The molecule has 1 amide bonds. The molecule has 2 aliphatic rings. The Morgan fingerprint density at radius 1 is 1.35 bits per heavy atom. The summed E-state index contributed by atoms with van der Waals surface area (Å²) in [6, 6.07) is 0. The summed E-state index contributed by atoms with van der Waals surface area (Å²) < 4.78 is 5.30. The van der Waals surface area contributed by atoms with Gasteiger partial charge in [0.1, 0.15) is 0 Å². The van der Waals surface area contributed by atoms with E-state index in [1.807, 2.05) is 6.92 Å². The number of amides is 1. The van der Waals surface area contributed by atoms with E-state index in [-0.39, 0.29) is 5.97 Å².